The predicted molar refractivity (Wildman–Crippen MR) is 110 cm³/mol. The summed E-state index contributed by atoms with van der Waals surface area (Å²) in [4.78, 5) is 24.9. The largest absolute Gasteiger partial charge is 0.486 e. The van der Waals surface area contributed by atoms with Crippen LogP contribution in [0.2, 0.25) is 0 Å². The fraction of sp³-hybridized carbons (Fsp3) is 0.273. The molecule has 0 spiro atoms. The summed E-state index contributed by atoms with van der Waals surface area (Å²) < 4.78 is 21.7. The second-order valence-corrected chi connectivity index (χ2v) is 7.58. The van der Waals surface area contributed by atoms with Gasteiger partial charge in [0.25, 0.3) is 0 Å². The molecule has 0 fully saturated rings. The maximum Gasteiger partial charge on any atom is 0.336 e. The molecule has 3 aromatic rings. The molecule has 0 bridgehead atoms. The summed E-state index contributed by atoms with van der Waals surface area (Å²) in [5.41, 5.74) is 1.76. The lowest BCUT2D eigenvalue weighted by molar-refractivity contribution is -0.141. The van der Waals surface area contributed by atoms with Crippen LogP contribution in [0.1, 0.15) is 18.1 Å². The molecule has 0 saturated heterocycles. The van der Waals surface area contributed by atoms with E-state index in [9.17, 15) is 9.59 Å². The summed E-state index contributed by atoms with van der Waals surface area (Å²) in [7, 11) is 0. The van der Waals surface area contributed by atoms with Crippen LogP contribution in [0.3, 0.4) is 0 Å². The lowest BCUT2D eigenvalue weighted by Crippen LogP contribution is -2.15. The third-order valence-electron chi connectivity index (χ3n) is 4.56. The van der Waals surface area contributed by atoms with Gasteiger partial charge in [0.2, 0.25) is 0 Å². The van der Waals surface area contributed by atoms with Crippen LogP contribution in [0.5, 0.6) is 11.5 Å². The molecule has 2 aromatic carbocycles. The van der Waals surface area contributed by atoms with Crippen LogP contribution in [0.4, 0.5) is 0 Å². The van der Waals surface area contributed by atoms with Crippen LogP contribution >= 0.6 is 11.8 Å². The number of rotatable bonds is 6. The van der Waals surface area contributed by atoms with Crippen LogP contribution in [0.25, 0.3) is 11.0 Å². The zero-order chi connectivity index (χ0) is 20.2. The summed E-state index contributed by atoms with van der Waals surface area (Å²) in [6.45, 7) is 3.11. The Bertz CT molecular complexity index is 1100. The van der Waals surface area contributed by atoms with E-state index in [1.165, 1.54) is 17.8 Å². The van der Waals surface area contributed by atoms with Gasteiger partial charge in [0.1, 0.15) is 25.4 Å². The van der Waals surface area contributed by atoms with E-state index in [-0.39, 0.29) is 18.3 Å². The molecule has 7 heteroatoms. The average molecular weight is 412 g/mol. The van der Waals surface area contributed by atoms with Crippen LogP contribution in [0, 0.1) is 0 Å². The third kappa shape index (κ3) is 4.56. The van der Waals surface area contributed by atoms with Gasteiger partial charge in [0.15, 0.2) is 11.5 Å². The zero-order valence-electron chi connectivity index (χ0n) is 15.9. The molecule has 2 heterocycles. The summed E-state index contributed by atoms with van der Waals surface area (Å²) in [5.74, 6) is 1.18. The molecule has 0 aliphatic carbocycles. The van der Waals surface area contributed by atoms with E-state index in [1.54, 1.807) is 0 Å². The van der Waals surface area contributed by atoms with E-state index in [1.807, 2.05) is 43.3 Å². The van der Waals surface area contributed by atoms with E-state index in [0.717, 1.165) is 22.3 Å². The monoisotopic (exact) mass is 412 g/mol. The molecule has 0 radical (unpaired) electrons. The minimum Gasteiger partial charge on any atom is -0.486 e. The van der Waals surface area contributed by atoms with Crippen molar-refractivity contribution in [2.24, 2.45) is 0 Å². The Kier molecular flexibility index (Phi) is 5.76. The fourth-order valence-corrected chi connectivity index (χ4v) is 3.79. The summed E-state index contributed by atoms with van der Waals surface area (Å²) >= 11 is 1.36. The van der Waals surface area contributed by atoms with Gasteiger partial charge < -0.3 is 18.6 Å². The van der Waals surface area contributed by atoms with E-state index in [0.29, 0.717) is 35.9 Å². The highest BCUT2D eigenvalue weighted by Crippen LogP contribution is 2.34. The first-order chi connectivity index (χ1) is 14.1. The van der Waals surface area contributed by atoms with Crippen molar-refractivity contribution in [1.29, 1.82) is 0 Å². The molecule has 29 heavy (non-hydrogen) atoms. The third-order valence-corrected chi connectivity index (χ3v) is 5.53. The summed E-state index contributed by atoms with van der Waals surface area (Å²) in [6, 6.07) is 12.7. The number of ether oxygens (including phenoxy) is 3. The van der Waals surface area contributed by atoms with Crippen LogP contribution in [0.15, 0.2) is 56.6 Å². The van der Waals surface area contributed by atoms with E-state index in [2.05, 4.69) is 0 Å². The minimum absolute atomic E-state index is 0.0219. The van der Waals surface area contributed by atoms with Crippen LogP contribution < -0.4 is 15.1 Å². The van der Waals surface area contributed by atoms with Gasteiger partial charge in [-0.25, -0.2) is 4.79 Å². The van der Waals surface area contributed by atoms with Crippen molar-refractivity contribution in [2.45, 2.75) is 24.8 Å². The highest BCUT2D eigenvalue weighted by atomic mass is 32.2. The van der Waals surface area contributed by atoms with Crippen molar-refractivity contribution in [3.05, 3.63) is 64.0 Å². The maximum absolute atomic E-state index is 12.2. The molecular weight excluding hydrogens is 392 g/mol. The Morgan fingerprint density at radius 3 is 2.72 bits per heavy atom. The standard InChI is InChI=1S/C22H20O6S/c1-2-14-3-5-17-15(10-21(23)28-19(17)9-14)12-27-22(24)13-29-16-4-6-18-20(11-16)26-8-7-25-18/h3-6,9-11H,2,7-8,12-13H2,1H3. The lowest BCUT2D eigenvalue weighted by atomic mass is 10.1. The molecule has 0 saturated carbocycles. The molecule has 0 N–H and O–H groups in total. The molecule has 0 unspecified atom stereocenters. The first-order valence-corrected chi connectivity index (χ1v) is 10.3. The van der Waals surface area contributed by atoms with Crippen molar-refractivity contribution in [1.82, 2.24) is 0 Å². The van der Waals surface area contributed by atoms with Crippen molar-refractivity contribution < 1.29 is 23.4 Å². The highest BCUT2D eigenvalue weighted by molar-refractivity contribution is 8.00. The Morgan fingerprint density at radius 1 is 1.07 bits per heavy atom. The number of thioether (sulfide) groups is 1. The van der Waals surface area contributed by atoms with Gasteiger partial charge in [0.05, 0.1) is 5.75 Å². The van der Waals surface area contributed by atoms with E-state index < -0.39 is 5.63 Å². The van der Waals surface area contributed by atoms with Crippen molar-refractivity contribution >= 4 is 28.7 Å². The normalized spacial score (nSPS) is 12.7. The molecule has 1 aromatic heterocycles. The molecule has 150 valence electrons. The summed E-state index contributed by atoms with van der Waals surface area (Å²) in [5, 5.41) is 0.772. The molecule has 0 atom stereocenters. The van der Waals surface area contributed by atoms with Gasteiger partial charge in [0, 0.05) is 21.9 Å². The number of esters is 1. The lowest BCUT2D eigenvalue weighted by Gasteiger charge is -2.18. The Labute approximate surface area is 171 Å². The first kappa shape index (κ1) is 19.4. The highest BCUT2D eigenvalue weighted by Gasteiger charge is 2.14. The number of carbonyl (C=O) groups excluding carboxylic acids is 1. The Morgan fingerprint density at radius 2 is 1.90 bits per heavy atom. The van der Waals surface area contributed by atoms with Crippen molar-refractivity contribution in [3.63, 3.8) is 0 Å². The number of hydrogen-bond acceptors (Lipinski definition) is 7. The Hall–Kier alpha value is -2.93. The van der Waals surface area contributed by atoms with Gasteiger partial charge in [-0.15, -0.1) is 11.8 Å². The number of hydrogen-bond donors (Lipinski definition) is 0. The number of benzene rings is 2. The van der Waals surface area contributed by atoms with Gasteiger partial charge >= 0.3 is 11.6 Å². The van der Waals surface area contributed by atoms with Crippen molar-refractivity contribution in [2.75, 3.05) is 19.0 Å². The number of aryl methyl sites for hydroxylation is 1. The van der Waals surface area contributed by atoms with Gasteiger partial charge in [-0.2, -0.15) is 0 Å². The van der Waals surface area contributed by atoms with Crippen LogP contribution in [-0.2, 0) is 22.6 Å². The quantitative estimate of drug-likeness (QED) is 0.345. The maximum atomic E-state index is 12.2. The molecular formula is C22H20O6S. The molecule has 1 aliphatic heterocycles. The Balaban J connectivity index is 1.39. The molecule has 0 amide bonds. The topological polar surface area (TPSA) is 75.0 Å². The summed E-state index contributed by atoms with van der Waals surface area (Å²) in [6.07, 6.45) is 0.843. The average Bonchev–Trinajstić information content (AvgIpc) is 2.75. The zero-order valence-corrected chi connectivity index (χ0v) is 16.8. The number of carbonyl (C=O) groups is 1. The predicted octanol–water partition coefficient (Wildman–Crippen LogP) is 3.96. The number of fused-ring (bicyclic) bond motifs is 2. The van der Waals surface area contributed by atoms with Gasteiger partial charge in [-0.05, 0) is 36.2 Å². The van der Waals surface area contributed by atoms with Gasteiger partial charge in [-0.3, -0.25) is 4.79 Å². The minimum atomic E-state index is -0.456. The van der Waals surface area contributed by atoms with Gasteiger partial charge in [-0.1, -0.05) is 19.1 Å². The first-order valence-electron chi connectivity index (χ1n) is 9.36. The second kappa shape index (κ2) is 8.61. The van der Waals surface area contributed by atoms with Crippen LogP contribution in [-0.4, -0.2) is 24.9 Å². The molecule has 1 aliphatic rings. The van der Waals surface area contributed by atoms with E-state index >= 15 is 0 Å². The fourth-order valence-electron chi connectivity index (χ4n) is 3.07. The van der Waals surface area contributed by atoms with Crippen molar-refractivity contribution in [3.8, 4) is 11.5 Å². The molecule has 4 rings (SSSR count). The smallest absolute Gasteiger partial charge is 0.336 e. The van der Waals surface area contributed by atoms with E-state index in [4.69, 9.17) is 18.6 Å². The second-order valence-electron chi connectivity index (χ2n) is 6.53. The SMILES string of the molecule is CCc1ccc2c(COC(=O)CSc3ccc4c(c3)OCCO4)cc(=O)oc2c1. The molecule has 6 nitrogen and oxygen atoms in total.